The van der Waals surface area contributed by atoms with E-state index in [-0.39, 0.29) is 35.5 Å². The molecule has 1 heterocycles. The van der Waals surface area contributed by atoms with Crippen molar-refractivity contribution in [3.8, 4) is 0 Å². The summed E-state index contributed by atoms with van der Waals surface area (Å²) in [5.41, 5.74) is 1.26. The van der Waals surface area contributed by atoms with Gasteiger partial charge in [-0.3, -0.25) is 14.4 Å². The van der Waals surface area contributed by atoms with Gasteiger partial charge in [-0.2, -0.15) is 0 Å². The van der Waals surface area contributed by atoms with Crippen LogP contribution < -0.4 is 5.32 Å². The number of hydrogen-bond donors (Lipinski definition) is 1. The summed E-state index contributed by atoms with van der Waals surface area (Å²) in [4.78, 5) is 40.0. The number of nitrogens with zero attached hydrogens (tertiary/aromatic N) is 1. The summed E-state index contributed by atoms with van der Waals surface area (Å²) in [6.07, 6.45) is 4.60. The number of rotatable bonds is 6. The van der Waals surface area contributed by atoms with Gasteiger partial charge in [0.15, 0.2) is 0 Å². The van der Waals surface area contributed by atoms with Crippen LogP contribution in [0.4, 0.5) is 0 Å². The van der Waals surface area contributed by atoms with Crippen LogP contribution in [0.1, 0.15) is 63.9 Å². The molecule has 1 aromatic carbocycles. The minimum Gasteiger partial charge on any atom is -0.469 e. The standard InChI is InChI=1S/C25H35ClN2O4/c1-16(2)22(27-23(29)19-5-4-6-20(15-19)25(31)32-3)24(30)28-13-11-18(12-14-28)17-7-9-21(26)10-8-17/h7-10,16,18-20,22H,4-6,11-15H2,1-3H3,(H,27,29)/t19-,20+,22-/m1/s1. The van der Waals surface area contributed by atoms with Crippen molar-refractivity contribution in [2.45, 2.75) is 64.3 Å². The fraction of sp³-hybridized carbons (Fsp3) is 0.640. The average Bonchev–Trinajstić information content (AvgIpc) is 2.82. The van der Waals surface area contributed by atoms with Crippen LogP contribution in [0, 0.1) is 17.8 Å². The van der Waals surface area contributed by atoms with Gasteiger partial charge >= 0.3 is 5.97 Å². The smallest absolute Gasteiger partial charge is 0.308 e. The predicted octanol–water partition coefficient (Wildman–Crippen LogP) is 4.17. The topological polar surface area (TPSA) is 75.7 Å². The zero-order valence-electron chi connectivity index (χ0n) is 19.3. The van der Waals surface area contributed by atoms with E-state index in [0.29, 0.717) is 25.4 Å². The van der Waals surface area contributed by atoms with Crippen LogP contribution in [0.2, 0.25) is 5.02 Å². The van der Waals surface area contributed by atoms with Crippen LogP contribution >= 0.6 is 11.6 Å². The van der Waals surface area contributed by atoms with Gasteiger partial charge in [-0.15, -0.1) is 0 Å². The maximum absolute atomic E-state index is 13.3. The number of carbonyl (C=O) groups is 3. The lowest BCUT2D eigenvalue weighted by Crippen LogP contribution is -2.54. The van der Waals surface area contributed by atoms with E-state index >= 15 is 0 Å². The van der Waals surface area contributed by atoms with Crippen LogP contribution in [0.5, 0.6) is 0 Å². The molecule has 1 saturated heterocycles. The number of amides is 2. The molecule has 7 heteroatoms. The van der Waals surface area contributed by atoms with E-state index in [1.54, 1.807) is 0 Å². The molecule has 1 saturated carbocycles. The summed E-state index contributed by atoms with van der Waals surface area (Å²) in [6, 6.07) is 7.40. The molecular formula is C25H35ClN2O4. The Bertz CT molecular complexity index is 803. The van der Waals surface area contributed by atoms with Crippen molar-refractivity contribution >= 4 is 29.4 Å². The molecule has 2 aliphatic rings. The Balaban J connectivity index is 1.57. The lowest BCUT2D eigenvalue weighted by molar-refractivity contribution is -0.148. The first kappa shape index (κ1) is 24.6. The van der Waals surface area contributed by atoms with Crippen molar-refractivity contribution in [3.05, 3.63) is 34.9 Å². The number of ether oxygens (including phenoxy) is 1. The van der Waals surface area contributed by atoms with E-state index in [1.165, 1.54) is 12.7 Å². The molecule has 0 bridgehead atoms. The Hall–Kier alpha value is -2.08. The Morgan fingerprint density at radius 2 is 1.66 bits per heavy atom. The number of nitrogens with one attached hydrogen (secondary N) is 1. The highest BCUT2D eigenvalue weighted by molar-refractivity contribution is 6.30. The van der Waals surface area contributed by atoms with Crippen LogP contribution in [0.25, 0.3) is 0 Å². The van der Waals surface area contributed by atoms with Gasteiger partial charge in [-0.1, -0.05) is 44.0 Å². The van der Waals surface area contributed by atoms with Gasteiger partial charge in [-0.05, 0) is 61.6 Å². The lowest BCUT2D eigenvalue weighted by Gasteiger charge is -2.36. The monoisotopic (exact) mass is 462 g/mol. The van der Waals surface area contributed by atoms with Crippen molar-refractivity contribution in [1.29, 1.82) is 0 Å². The first-order chi connectivity index (χ1) is 15.3. The second-order valence-electron chi connectivity index (χ2n) is 9.46. The van der Waals surface area contributed by atoms with Gasteiger partial charge in [0.25, 0.3) is 0 Å². The molecule has 0 aromatic heterocycles. The predicted molar refractivity (Wildman–Crippen MR) is 124 cm³/mol. The van der Waals surface area contributed by atoms with E-state index in [9.17, 15) is 14.4 Å². The van der Waals surface area contributed by atoms with Gasteiger partial charge in [0.05, 0.1) is 13.0 Å². The quantitative estimate of drug-likeness (QED) is 0.644. The Morgan fingerprint density at radius 3 is 2.25 bits per heavy atom. The highest BCUT2D eigenvalue weighted by atomic mass is 35.5. The van der Waals surface area contributed by atoms with Crippen LogP contribution in [0.3, 0.4) is 0 Å². The number of methoxy groups -OCH3 is 1. The van der Waals surface area contributed by atoms with Crippen molar-refractivity contribution in [1.82, 2.24) is 10.2 Å². The highest BCUT2D eigenvalue weighted by Crippen LogP contribution is 2.31. The van der Waals surface area contributed by atoms with Crippen LogP contribution in [-0.2, 0) is 19.1 Å². The molecule has 176 valence electrons. The molecule has 2 amide bonds. The fourth-order valence-electron chi connectivity index (χ4n) is 4.96. The number of benzene rings is 1. The van der Waals surface area contributed by atoms with E-state index in [0.717, 1.165) is 37.1 Å². The van der Waals surface area contributed by atoms with Gasteiger partial charge in [-0.25, -0.2) is 0 Å². The zero-order valence-corrected chi connectivity index (χ0v) is 20.1. The molecular weight excluding hydrogens is 428 g/mol. The molecule has 1 N–H and O–H groups in total. The van der Waals surface area contributed by atoms with E-state index < -0.39 is 6.04 Å². The number of esters is 1. The van der Waals surface area contributed by atoms with Crippen molar-refractivity contribution in [3.63, 3.8) is 0 Å². The zero-order chi connectivity index (χ0) is 23.3. The summed E-state index contributed by atoms with van der Waals surface area (Å²) in [6.45, 7) is 5.28. The number of halogens is 1. The third-order valence-electron chi connectivity index (χ3n) is 6.96. The first-order valence-corrected chi connectivity index (χ1v) is 12.1. The number of piperidine rings is 1. The van der Waals surface area contributed by atoms with Gasteiger partial charge in [0, 0.05) is 24.0 Å². The second kappa shape index (κ2) is 11.2. The summed E-state index contributed by atoms with van der Waals surface area (Å²) < 4.78 is 4.86. The number of likely N-dealkylation sites (tertiary alicyclic amines) is 1. The van der Waals surface area contributed by atoms with Crippen molar-refractivity contribution < 1.29 is 19.1 Å². The lowest BCUT2D eigenvalue weighted by atomic mass is 9.80. The molecule has 1 aliphatic carbocycles. The molecule has 3 atom stereocenters. The molecule has 1 aromatic rings. The molecule has 0 spiro atoms. The SMILES string of the molecule is COC(=O)[C@H]1CCC[C@@H](C(=O)N[C@@H](C(=O)N2CCC(c3ccc(Cl)cc3)CC2)C(C)C)C1. The maximum Gasteiger partial charge on any atom is 0.308 e. The summed E-state index contributed by atoms with van der Waals surface area (Å²) in [7, 11) is 1.38. The van der Waals surface area contributed by atoms with Gasteiger partial charge in [0.2, 0.25) is 11.8 Å². The Morgan fingerprint density at radius 1 is 1.03 bits per heavy atom. The summed E-state index contributed by atoms with van der Waals surface area (Å²) >= 11 is 6.00. The molecule has 6 nitrogen and oxygen atoms in total. The van der Waals surface area contributed by atoms with Crippen LogP contribution in [-0.4, -0.2) is 48.9 Å². The molecule has 2 fully saturated rings. The number of hydrogen-bond acceptors (Lipinski definition) is 4. The minimum atomic E-state index is -0.548. The third kappa shape index (κ3) is 6.03. The van der Waals surface area contributed by atoms with Gasteiger partial charge in [0.1, 0.15) is 6.04 Å². The normalized spacial score (nSPS) is 23.0. The van der Waals surface area contributed by atoms with Crippen molar-refractivity contribution in [2.75, 3.05) is 20.2 Å². The minimum absolute atomic E-state index is 0.0109. The molecule has 3 rings (SSSR count). The highest BCUT2D eigenvalue weighted by Gasteiger charge is 2.36. The first-order valence-electron chi connectivity index (χ1n) is 11.7. The summed E-state index contributed by atoms with van der Waals surface area (Å²) in [5, 5.41) is 3.74. The second-order valence-corrected chi connectivity index (χ2v) is 9.90. The maximum atomic E-state index is 13.3. The molecule has 0 radical (unpaired) electrons. The molecule has 0 unspecified atom stereocenters. The Labute approximate surface area is 196 Å². The van der Waals surface area contributed by atoms with Gasteiger partial charge < -0.3 is 15.0 Å². The fourth-order valence-corrected chi connectivity index (χ4v) is 5.08. The molecule has 1 aliphatic heterocycles. The van der Waals surface area contributed by atoms with Crippen LogP contribution in [0.15, 0.2) is 24.3 Å². The van der Waals surface area contributed by atoms with Crippen molar-refractivity contribution in [2.24, 2.45) is 17.8 Å². The Kier molecular flexibility index (Phi) is 8.57. The van der Waals surface area contributed by atoms with E-state index in [1.807, 2.05) is 30.9 Å². The molecule has 32 heavy (non-hydrogen) atoms. The largest absolute Gasteiger partial charge is 0.469 e. The number of carbonyl (C=O) groups excluding carboxylic acids is 3. The average molecular weight is 463 g/mol. The van der Waals surface area contributed by atoms with E-state index in [2.05, 4.69) is 17.4 Å². The summed E-state index contributed by atoms with van der Waals surface area (Å²) in [5.74, 6) is -0.462. The van der Waals surface area contributed by atoms with E-state index in [4.69, 9.17) is 16.3 Å². The third-order valence-corrected chi connectivity index (χ3v) is 7.21.